The fraction of sp³-hybridized carbons (Fsp3) is 0.273. The molecule has 0 fully saturated rings. The van der Waals surface area contributed by atoms with E-state index in [4.69, 9.17) is 10.2 Å². The molecule has 1 aromatic carbocycles. The van der Waals surface area contributed by atoms with Crippen LogP contribution in [-0.2, 0) is 16.0 Å². The van der Waals surface area contributed by atoms with E-state index in [0.717, 1.165) is 0 Å². The van der Waals surface area contributed by atoms with Gasteiger partial charge in [0.15, 0.2) is 0 Å². The summed E-state index contributed by atoms with van der Waals surface area (Å²) in [7, 11) is 0. The Hall–Kier alpha value is -1.92. The first kappa shape index (κ1) is 13.1. The number of aliphatic carboxylic acids is 2. The largest absolute Gasteiger partial charge is 0.480 e. The zero-order chi connectivity index (χ0) is 12.8. The molecule has 0 aromatic heterocycles. The highest BCUT2D eigenvalue weighted by molar-refractivity contribution is 5.75. The molecule has 0 aliphatic carbocycles. The van der Waals surface area contributed by atoms with Gasteiger partial charge in [-0.2, -0.15) is 5.06 Å². The predicted octanol–water partition coefficient (Wildman–Crippen LogP) is 0.458. The summed E-state index contributed by atoms with van der Waals surface area (Å²) >= 11 is 0. The lowest BCUT2D eigenvalue weighted by atomic mass is 10.1. The Bertz CT molecular complexity index is 392. The van der Waals surface area contributed by atoms with E-state index in [2.05, 4.69) is 0 Å². The van der Waals surface area contributed by atoms with Gasteiger partial charge in [0, 0.05) is 6.42 Å². The van der Waals surface area contributed by atoms with Crippen molar-refractivity contribution in [2.24, 2.45) is 0 Å². The van der Waals surface area contributed by atoms with Crippen LogP contribution in [0.15, 0.2) is 30.3 Å². The van der Waals surface area contributed by atoms with E-state index in [1.54, 1.807) is 30.3 Å². The van der Waals surface area contributed by atoms with Crippen LogP contribution in [0, 0.1) is 0 Å². The molecule has 1 aromatic rings. The van der Waals surface area contributed by atoms with E-state index in [1.807, 2.05) is 0 Å². The molecule has 6 nitrogen and oxygen atoms in total. The van der Waals surface area contributed by atoms with Crippen molar-refractivity contribution in [2.75, 3.05) is 6.54 Å². The summed E-state index contributed by atoms with van der Waals surface area (Å²) in [4.78, 5) is 21.3. The third kappa shape index (κ3) is 4.21. The van der Waals surface area contributed by atoms with Gasteiger partial charge in [0.05, 0.1) is 0 Å². The van der Waals surface area contributed by atoms with Gasteiger partial charge in [0.1, 0.15) is 12.6 Å². The van der Waals surface area contributed by atoms with Gasteiger partial charge in [0.25, 0.3) is 0 Å². The normalized spacial score (nSPS) is 12.4. The Morgan fingerprint density at radius 1 is 1.18 bits per heavy atom. The second-order valence-electron chi connectivity index (χ2n) is 3.54. The average molecular weight is 239 g/mol. The van der Waals surface area contributed by atoms with Crippen molar-refractivity contribution in [1.82, 2.24) is 5.06 Å². The maximum Gasteiger partial charge on any atom is 0.323 e. The average Bonchev–Trinajstić information content (AvgIpc) is 2.25. The summed E-state index contributed by atoms with van der Waals surface area (Å²) in [6.45, 7) is -0.732. The molecule has 0 radical (unpaired) electrons. The van der Waals surface area contributed by atoms with Gasteiger partial charge in [-0.05, 0) is 5.56 Å². The number of hydrogen-bond donors (Lipinski definition) is 3. The summed E-state index contributed by atoms with van der Waals surface area (Å²) in [5.74, 6) is -2.55. The number of hydrogen-bond acceptors (Lipinski definition) is 4. The molecule has 6 heteroatoms. The van der Waals surface area contributed by atoms with E-state index in [1.165, 1.54) is 0 Å². The second kappa shape index (κ2) is 5.97. The van der Waals surface area contributed by atoms with E-state index in [-0.39, 0.29) is 6.42 Å². The summed E-state index contributed by atoms with van der Waals surface area (Å²) in [5, 5.41) is 27.1. The third-order valence-corrected chi connectivity index (χ3v) is 2.21. The minimum Gasteiger partial charge on any atom is -0.480 e. The lowest BCUT2D eigenvalue weighted by molar-refractivity contribution is -0.176. The number of carboxylic acid groups (broad SMARTS) is 2. The van der Waals surface area contributed by atoms with E-state index in [9.17, 15) is 14.8 Å². The molecule has 92 valence electrons. The number of hydroxylamine groups is 2. The van der Waals surface area contributed by atoms with Gasteiger partial charge in [-0.3, -0.25) is 9.59 Å². The number of benzene rings is 1. The number of carboxylic acids is 2. The van der Waals surface area contributed by atoms with Crippen molar-refractivity contribution in [1.29, 1.82) is 0 Å². The van der Waals surface area contributed by atoms with Gasteiger partial charge >= 0.3 is 11.9 Å². The zero-order valence-electron chi connectivity index (χ0n) is 8.98. The highest BCUT2D eigenvalue weighted by atomic mass is 16.5. The Morgan fingerprint density at radius 2 is 1.76 bits per heavy atom. The molecule has 3 N–H and O–H groups in total. The Kier molecular flexibility index (Phi) is 4.62. The van der Waals surface area contributed by atoms with Gasteiger partial charge in [0.2, 0.25) is 0 Å². The zero-order valence-corrected chi connectivity index (χ0v) is 8.98. The van der Waals surface area contributed by atoms with Crippen molar-refractivity contribution < 1.29 is 25.0 Å². The molecule has 0 amide bonds. The fourth-order valence-electron chi connectivity index (χ4n) is 1.41. The molecule has 0 unspecified atom stereocenters. The van der Waals surface area contributed by atoms with Crippen LogP contribution in [-0.4, -0.2) is 45.0 Å². The van der Waals surface area contributed by atoms with Crippen LogP contribution < -0.4 is 0 Å². The van der Waals surface area contributed by atoms with Gasteiger partial charge in [-0.1, -0.05) is 30.3 Å². The first-order valence-corrected chi connectivity index (χ1v) is 4.94. The smallest absolute Gasteiger partial charge is 0.323 e. The first-order valence-electron chi connectivity index (χ1n) is 4.94. The van der Waals surface area contributed by atoms with Crippen molar-refractivity contribution in [2.45, 2.75) is 12.5 Å². The highest BCUT2D eigenvalue weighted by Crippen LogP contribution is 2.07. The van der Waals surface area contributed by atoms with Crippen LogP contribution in [0.2, 0.25) is 0 Å². The molecule has 17 heavy (non-hydrogen) atoms. The van der Waals surface area contributed by atoms with E-state index in [0.29, 0.717) is 10.6 Å². The van der Waals surface area contributed by atoms with Crippen molar-refractivity contribution >= 4 is 11.9 Å². The van der Waals surface area contributed by atoms with Gasteiger partial charge in [-0.25, -0.2) is 0 Å². The quantitative estimate of drug-likeness (QED) is 0.624. The van der Waals surface area contributed by atoms with E-state index >= 15 is 0 Å². The van der Waals surface area contributed by atoms with Crippen molar-refractivity contribution in [3.8, 4) is 0 Å². The molecule has 0 bridgehead atoms. The summed E-state index contributed by atoms with van der Waals surface area (Å²) < 4.78 is 0. The standard InChI is InChI=1S/C11H13NO5/c13-10(14)7-12(17)9(11(15)16)6-8-4-2-1-3-5-8/h1-5,9,17H,6-7H2,(H,13,14)(H,15,16)/t9-/m1/s1. The third-order valence-electron chi connectivity index (χ3n) is 2.21. The summed E-state index contributed by atoms with van der Waals surface area (Å²) in [6.07, 6.45) is 0.0416. The molecule has 0 heterocycles. The van der Waals surface area contributed by atoms with Crippen molar-refractivity contribution in [3.05, 3.63) is 35.9 Å². The lowest BCUT2D eigenvalue weighted by Gasteiger charge is -2.20. The molecular formula is C11H13NO5. The van der Waals surface area contributed by atoms with Gasteiger partial charge in [-0.15, -0.1) is 0 Å². The molecular weight excluding hydrogens is 226 g/mol. The maximum atomic E-state index is 10.9. The minimum atomic E-state index is -1.29. The molecule has 1 atom stereocenters. The van der Waals surface area contributed by atoms with Crippen LogP contribution in [0.1, 0.15) is 5.56 Å². The van der Waals surface area contributed by atoms with Crippen LogP contribution in [0.5, 0.6) is 0 Å². The number of nitrogens with zero attached hydrogens (tertiary/aromatic N) is 1. The molecule has 0 saturated heterocycles. The highest BCUT2D eigenvalue weighted by Gasteiger charge is 2.26. The Labute approximate surface area is 97.7 Å². The molecule has 1 rings (SSSR count). The van der Waals surface area contributed by atoms with Gasteiger partial charge < -0.3 is 15.4 Å². The fourth-order valence-corrected chi connectivity index (χ4v) is 1.41. The predicted molar refractivity (Wildman–Crippen MR) is 57.7 cm³/mol. The molecule has 0 aliphatic heterocycles. The number of rotatable bonds is 6. The van der Waals surface area contributed by atoms with Crippen LogP contribution >= 0.6 is 0 Å². The molecule has 0 spiro atoms. The van der Waals surface area contributed by atoms with Crippen molar-refractivity contribution in [3.63, 3.8) is 0 Å². The molecule has 0 aliphatic rings. The van der Waals surface area contributed by atoms with Crippen LogP contribution in [0.3, 0.4) is 0 Å². The Morgan fingerprint density at radius 3 is 2.24 bits per heavy atom. The maximum absolute atomic E-state index is 10.9. The monoisotopic (exact) mass is 239 g/mol. The minimum absolute atomic E-state index is 0.0416. The Balaban J connectivity index is 2.73. The second-order valence-corrected chi connectivity index (χ2v) is 3.54. The topological polar surface area (TPSA) is 98.1 Å². The molecule has 0 saturated carbocycles. The summed E-state index contributed by atoms with van der Waals surface area (Å²) in [5.41, 5.74) is 0.712. The first-order chi connectivity index (χ1) is 8.00. The van der Waals surface area contributed by atoms with Crippen LogP contribution in [0.4, 0.5) is 0 Å². The lowest BCUT2D eigenvalue weighted by Crippen LogP contribution is -2.43. The summed E-state index contributed by atoms with van der Waals surface area (Å²) in [6, 6.07) is 7.43. The number of carbonyl (C=O) groups is 2. The van der Waals surface area contributed by atoms with E-state index < -0.39 is 24.5 Å². The van der Waals surface area contributed by atoms with Crippen LogP contribution in [0.25, 0.3) is 0 Å². The SMILES string of the molecule is O=C(O)CN(O)[C@H](Cc1ccccc1)C(=O)O.